The first-order valence-electron chi connectivity index (χ1n) is 6.84. The van der Waals surface area contributed by atoms with E-state index in [1.54, 1.807) is 0 Å². The maximum Gasteiger partial charge on any atom is 0.220 e. The molecule has 3 heteroatoms. The zero-order valence-corrected chi connectivity index (χ0v) is 10.1. The normalized spacial score (nSPS) is 27.6. The lowest BCUT2D eigenvalue weighted by Crippen LogP contribution is -2.37. The minimum atomic E-state index is 0.278. The van der Waals surface area contributed by atoms with Crippen molar-refractivity contribution in [3.8, 4) is 0 Å². The molecule has 2 rings (SSSR count). The largest absolute Gasteiger partial charge is 0.352 e. The third kappa shape index (κ3) is 3.78. The SMILES string of the molecule is O=C(CC1CCCCCC1)N[C@H]1CCNC1. The number of nitrogens with one attached hydrogen (secondary N) is 2. The first kappa shape index (κ1) is 11.9. The lowest BCUT2D eigenvalue weighted by atomic mass is 9.96. The Kier molecular flexibility index (Phi) is 4.64. The summed E-state index contributed by atoms with van der Waals surface area (Å²) in [4.78, 5) is 11.8. The van der Waals surface area contributed by atoms with Gasteiger partial charge in [-0.1, -0.05) is 25.7 Å². The smallest absolute Gasteiger partial charge is 0.220 e. The second-order valence-corrected chi connectivity index (χ2v) is 5.32. The van der Waals surface area contributed by atoms with Crippen LogP contribution in [0.25, 0.3) is 0 Å². The van der Waals surface area contributed by atoms with Gasteiger partial charge in [-0.25, -0.2) is 0 Å². The van der Waals surface area contributed by atoms with Crippen molar-refractivity contribution in [1.29, 1.82) is 0 Å². The van der Waals surface area contributed by atoms with Crippen LogP contribution in [0, 0.1) is 5.92 Å². The van der Waals surface area contributed by atoms with Gasteiger partial charge in [-0.15, -0.1) is 0 Å². The van der Waals surface area contributed by atoms with Crippen LogP contribution in [0.2, 0.25) is 0 Å². The van der Waals surface area contributed by atoms with Gasteiger partial charge in [0, 0.05) is 19.0 Å². The van der Waals surface area contributed by atoms with Crippen molar-refractivity contribution < 1.29 is 4.79 Å². The summed E-state index contributed by atoms with van der Waals surface area (Å²) >= 11 is 0. The Labute approximate surface area is 98.4 Å². The average Bonchev–Trinajstić information content (AvgIpc) is 2.62. The molecule has 1 saturated heterocycles. The van der Waals surface area contributed by atoms with Crippen molar-refractivity contribution in [2.75, 3.05) is 13.1 Å². The molecule has 2 N–H and O–H groups in total. The molecule has 2 fully saturated rings. The summed E-state index contributed by atoms with van der Waals surface area (Å²) < 4.78 is 0. The molecule has 1 saturated carbocycles. The van der Waals surface area contributed by atoms with E-state index < -0.39 is 0 Å². The third-order valence-electron chi connectivity index (χ3n) is 3.87. The van der Waals surface area contributed by atoms with Crippen LogP contribution in [0.3, 0.4) is 0 Å². The predicted molar refractivity (Wildman–Crippen MR) is 65.2 cm³/mol. The van der Waals surface area contributed by atoms with Crippen LogP contribution < -0.4 is 10.6 Å². The van der Waals surface area contributed by atoms with Crippen LogP contribution in [-0.2, 0) is 4.79 Å². The van der Waals surface area contributed by atoms with Gasteiger partial charge < -0.3 is 10.6 Å². The van der Waals surface area contributed by atoms with E-state index in [4.69, 9.17) is 0 Å². The van der Waals surface area contributed by atoms with Gasteiger partial charge in [-0.3, -0.25) is 4.79 Å². The first-order chi connectivity index (χ1) is 7.84. The predicted octanol–water partition coefficient (Wildman–Crippen LogP) is 1.82. The molecule has 16 heavy (non-hydrogen) atoms. The third-order valence-corrected chi connectivity index (χ3v) is 3.87. The van der Waals surface area contributed by atoms with Crippen LogP contribution >= 0.6 is 0 Å². The summed E-state index contributed by atoms with van der Waals surface area (Å²) in [6.45, 7) is 2.00. The van der Waals surface area contributed by atoms with Crippen LogP contribution in [0.4, 0.5) is 0 Å². The molecule has 0 bridgehead atoms. The minimum absolute atomic E-state index is 0.278. The van der Waals surface area contributed by atoms with Gasteiger partial charge >= 0.3 is 0 Å². The highest BCUT2D eigenvalue weighted by Gasteiger charge is 2.20. The van der Waals surface area contributed by atoms with Crippen molar-refractivity contribution in [3.63, 3.8) is 0 Å². The van der Waals surface area contributed by atoms with Crippen LogP contribution in [0.5, 0.6) is 0 Å². The Morgan fingerprint density at radius 2 is 1.88 bits per heavy atom. The maximum atomic E-state index is 11.8. The van der Waals surface area contributed by atoms with E-state index in [0.717, 1.165) is 25.9 Å². The second-order valence-electron chi connectivity index (χ2n) is 5.32. The Hall–Kier alpha value is -0.570. The molecule has 0 radical (unpaired) electrons. The summed E-state index contributed by atoms with van der Waals surface area (Å²) in [5.74, 6) is 0.928. The molecule has 1 amide bonds. The maximum absolute atomic E-state index is 11.8. The molecule has 0 unspecified atom stereocenters. The van der Waals surface area contributed by atoms with Gasteiger partial charge in [0.05, 0.1) is 0 Å². The molecule has 1 aliphatic heterocycles. The Bertz CT molecular complexity index is 216. The Balaban J connectivity index is 1.68. The minimum Gasteiger partial charge on any atom is -0.352 e. The summed E-state index contributed by atoms with van der Waals surface area (Å²) in [6.07, 6.45) is 9.75. The molecule has 0 spiro atoms. The molecule has 0 aromatic heterocycles. The Morgan fingerprint density at radius 3 is 2.50 bits per heavy atom. The van der Waals surface area contributed by atoms with Crippen LogP contribution in [0.1, 0.15) is 51.4 Å². The highest BCUT2D eigenvalue weighted by atomic mass is 16.1. The topological polar surface area (TPSA) is 41.1 Å². The second kappa shape index (κ2) is 6.24. The number of amides is 1. The van der Waals surface area contributed by atoms with Crippen molar-refractivity contribution in [1.82, 2.24) is 10.6 Å². The summed E-state index contributed by atoms with van der Waals surface area (Å²) in [5.41, 5.74) is 0. The summed E-state index contributed by atoms with van der Waals surface area (Å²) in [5, 5.41) is 6.42. The zero-order valence-electron chi connectivity index (χ0n) is 10.1. The van der Waals surface area contributed by atoms with Crippen LogP contribution in [0.15, 0.2) is 0 Å². The van der Waals surface area contributed by atoms with Gasteiger partial charge in [-0.2, -0.15) is 0 Å². The molecule has 92 valence electrons. The van der Waals surface area contributed by atoms with Gasteiger partial charge in [-0.05, 0) is 31.7 Å². The van der Waals surface area contributed by atoms with Crippen molar-refractivity contribution in [2.45, 2.75) is 57.4 Å². The Morgan fingerprint density at radius 1 is 1.12 bits per heavy atom. The molecule has 0 aromatic rings. The fourth-order valence-corrected chi connectivity index (χ4v) is 2.89. The van der Waals surface area contributed by atoms with Crippen molar-refractivity contribution >= 4 is 5.91 Å². The van der Waals surface area contributed by atoms with Gasteiger partial charge in [0.2, 0.25) is 5.91 Å². The number of carbonyl (C=O) groups excluding carboxylic acids is 1. The van der Waals surface area contributed by atoms with Crippen molar-refractivity contribution in [3.05, 3.63) is 0 Å². The highest BCUT2D eigenvalue weighted by molar-refractivity contribution is 5.76. The van der Waals surface area contributed by atoms with E-state index >= 15 is 0 Å². The van der Waals surface area contributed by atoms with E-state index in [2.05, 4.69) is 10.6 Å². The molecule has 0 aromatic carbocycles. The lowest BCUT2D eigenvalue weighted by Gasteiger charge is -2.16. The van der Waals surface area contributed by atoms with Crippen molar-refractivity contribution in [2.24, 2.45) is 5.92 Å². The van der Waals surface area contributed by atoms with Gasteiger partial charge in [0.1, 0.15) is 0 Å². The monoisotopic (exact) mass is 224 g/mol. The molecule has 2 aliphatic rings. The first-order valence-corrected chi connectivity index (χ1v) is 6.84. The lowest BCUT2D eigenvalue weighted by molar-refractivity contribution is -0.122. The summed E-state index contributed by atoms with van der Waals surface area (Å²) in [6, 6.07) is 0.387. The van der Waals surface area contributed by atoms with Gasteiger partial charge in [0.25, 0.3) is 0 Å². The van der Waals surface area contributed by atoms with Gasteiger partial charge in [0.15, 0.2) is 0 Å². The molecular formula is C13H24N2O. The quantitative estimate of drug-likeness (QED) is 0.718. The molecular weight excluding hydrogens is 200 g/mol. The highest BCUT2D eigenvalue weighted by Crippen LogP contribution is 2.25. The van der Waals surface area contributed by atoms with E-state index in [9.17, 15) is 4.79 Å². The van der Waals surface area contributed by atoms with Crippen LogP contribution in [-0.4, -0.2) is 25.0 Å². The van der Waals surface area contributed by atoms with E-state index in [0.29, 0.717) is 12.0 Å². The zero-order chi connectivity index (χ0) is 11.2. The summed E-state index contributed by atoms with van der Waals surface area (Å²) in [7, 11) is 0. The molecule has 1 atom stereocenters. The number of hydrogen-bond donors (Lipinski definition) is 2. The number of hydrogen-bond acceptors (Lipinski definition) is 2. The fourth-order valence-electron chi connectivity index (χ4n) is 2.89. The number of rotatable bonds is 3. The average molecular weight is 224 g/mol. The van der Waals surface area contributed by atoms with E-state index in [-0.39, 0.29) is 5.91 Å². The van der Waals surface area contributed by atoms with E-state index in [1.807, 2.05) is 0 Å². The number of carbonyl (C=O) groups is 1. The standard InChI is InChI=1S/C13H24N2O/c16-13(15-12-7-8-14-10-12)9-11-5-3-1-2-4-6-11/h11-12,14H,1-10H2,(H,15,16)/t12-/m0/s1. The molecule has 1 aliphatic carbocycles. The van der Waals surface area contributed by atoms with E-state index in [1.165, 1.54) is 38.5 Å². The molecule has 1 heterocycles. The fraction of sp³-hybridized carbons (Fsp3) is 0.923. The molecule has 3 nitrogen and oxygen atoms in total.